The van der Waals surface area contributed by atoms with Crippen LogP contribution in [0.15, 0.2) is 36.4 Å². The number of thioether (sulfide) groups is 1. The Balaban J connectivity index is 1.93. The molecule has 2 heterocycles. The van der Waals surface area contributed by atoms with Gasteiger partial charge in [-0.3, -0.25) is 0 Å². The minimum atomic E-state index is 0.658. The predicted molar refractivity (Wildman–Crippen MR) is 113 cm³/mol. The zero-order valence-corrected chi connectivity index (χ0v) is 16.8. The molecular formula is C20H20ClN3O2S. The number of anilines is 1. The van der Waals surface area contributed by atoms with Crippen LogP contribution in [0.5, 0.6) is 11.5 Å². The highest BCUT2D eigenvalue weighted by atomic mass is 35.5. The molecule has 0 saturated carbocycles. The lowest BCUT2D eigenvalue weighted by Crippen LogP contribution is -2.33. The van der Waals surface area contributed by atoms with E-state index in [1.165, 1.54) is 0 Å². The van der Waals surface area contributed by atoms with Crippen LogP contribution in [0, 0.1) is 0 Å². The minimum Gasteiger partial charge on any atom is -0.493 e. The summed E-state index contributed by atoms with van der Waals surface area (Å²) in [6.07, 6.45) is 0. The normalized spacial score (nSPS) is 14.4. The van der Waals surface area contributed by atoms with E-state index in [0.29, 0.717) is 22.3 Å². The van der Waals surface area contributed by atoms with Crippen LogP contribution in [-0.4, -0.2) is 48.8 Å². The van der Waals surface area contributed by atoms with E-state index < -0.39 is 0 Å². The van der Waals surface area contributed by atoms with Gasteiger partial charge in [-0.25, -0.2) is 9.97 Å². The molecule has 1 saturated heterocycles. The quantitative estimate of drug-likeness (QED) is 0.640. The van der Waals surface area contributed by atoms with Crippen LogP contribution in [0.1, 0.15) is 0 Å². The van der Waals surface area contributed by atoms with Gasteiger partial charge in [-0.05, 0) is 30.3 Å². The number of nitrogens with zero attached hydrogens (tertiary/aromatic N) is 3. The van der Waals surface area contributed by atoms with Gasteiger partial charge in [-0.15, -0.1) is 0 Å². The largest absolute Gasteiger partial charge is 0.493 e. The van der Waals surface area contributed by atoms with Gasteiger partial charge >= 0.3 is 0 Å². The number of fused-ring (bicyclic) bond motifs is 1. The zero-order valence-electron chi connectivity index (χ0n) is 15.2. The molecule has 0 N–H and O–H groups in total. The van der Waals surface area contributed by atoms with Crippen LogP contribution in [0.4, 0.5) is 5.82 Å². The van der Waals surface area contributed by atoms with Crippen molar-refractivity contribution in [2.24, 2.45) is 0 Å². The third kappa shape index (κ3) is 3.64. The van der Waals surface area contributed by atoms with Gasteiger partial charge in [-0.1, -0.05) is 11.6 Å². The molecule has 2 aromatic carbocycles. The average molecular weight is 402 g/mol. The van der Waals surface area contributed by atoms with Crippen molar-refractivity contribution in [2.75, 3.05) is 43.7 Å². The highest BCUT2D eigenvalue weighted by molar-refractivity contribution is 7.99. The molecular weight excluding hydrogens is 382 g/mol. The number of benzene rings is 2. The third-order valence-corrected chi connectivity index (χ3v) is 5.79. The summed E-state index contributed by atoms with van der Waals surface area (Å²) in [5.74, 6) is 5.14. The van der Waals surface area contributed by atoms with Crippen LogP contribution >= 0.6 is 23.4 Å². The van der Waals surface area contributed by atoms with Gasteiger partial charge in [0.05, 0.1) is 19.7 Å². The minimum absolute atomic E-state index is 0.658. The molecule has 0 amide bonds. The zero-order chi connectivity index (χ0) is 18.8. The second kappa shape index (κ2) is 7.82. The van der Waals surface area contributed by atoms with E-state index in [-0.39, 0.29) is 0 Å². The van der Waals surface area contributed by atoms with Gasteiger partial charge in [0.15, 0.2) is 17.3 Å². The van der Waals surface area contributed by atoms with Crippen LogP contribution in [0.2, 0.25) is 5.02 Å². The molecule has 1 fully saturated rings. The maximum absolute atomic E-state index is 6.04. The number of methoxy groups -OCH3 is 2. The number of hydrogen-bond donors (Lipinski definition) is 0. The number of rotatable bonds is 4. The standard InChI is InChI=1S/C20H20ClN3O2S/c1-25-17-11-15-16(12-18(17)26-2)22-19(13-3-5-14(21)6-4-13)23-20(15)24-7-9-27-10-8-24/h3-6,11-12H,7-10H2,1-2H3. The molecule has 0 atom stereocenters. The molecule has 0 spiro atoms. The van der Waals surface area contributed by atoms with Crippen LogP contribution in [-0.2, 0) is 0 Å². The summed E-state index contributed by atoms with van der Waals surface area (Å²) in [6, 6.07) is 11.5. The molecule has 7 heteroatoms. The number of ether oxygens (including phenoxy) is 2. The Bertz CT molecular complexity index is 960. The van der Waals surface area contributed by atoms with E-state index in [1.807, 2.05) is 48.2 Å². The Labute approximate surface area is 167 Å². The molecule has 1 aliphatic rings. The van der Waals surface area contributed by atoms with Crippen molar-refractivity contribution in [1.29, 1.82) is 0 Å². The van der Waals surface area contributed by atoms with E-state index in [0.717, 1.165) is 46.9 Å². The maximum atomic E-state index is 6.04. The van der Waals surface area contributed by atoms with Crippen molar-refractivity contribution in [2.45, 2.75) is 0 Å². The molecule has 0 aliphatic carbocycles. The highest BCUT2D eigenvalue weighted by Gasteiger charge is 2.20. The van der Waals surface area contributed by atoms with Crippen molar-refractivity contribution in [3.05, 3.63) is 41.4 Å². The molecule has 0 unspecified atom stereocenters. The summed E-state index contributed by atoms with van der Waals surface area (Å²) < 4.78 is 11.0. The highest BCUT2D eigenvalue weighted by Crippen LogP contribution is 2.37. The monoisotopic (exact) mass is 401 g/mol. The Morgan fingerprint density at radius 2 is 1.63 bits per heavy atom. The second-order valence-electron chi connectivity index (χ2n) is 6.20. The fourth-order valence-corrected chi connectivity index (χ4v) is 4.21. The summed E-state index contributed by atoms with van der Waals surface area (Å²) in [5, 5.41) is 1.66. The van der Waals surface area contributed by atoms with Crippen molar-refractivity contribution in [1.82, 2.24) is 9.97 Å². The first-order chi connectivity index (χ1) is 13.2. The fraction of sp³-hybridized carbons (Fsp3) is 0.300. The maximum Gasteiger partial charge on any atom is 0.162 e. The van der Waals surface area contributed by atoms with Crippen molar-refractivity contribution in [3.8, 4) is 22.9 Å². The lowest BCUT2D eigenvalue weighted by molar-refractivity contribution is 0.356. The Morgan fingerprint density at radius 3 is 2.30 bits per heavy atom. The molecule has 5 nitrogen and oxygen atoms in total. The fourth-order valence-electron chi connectivity index (χ4n) is 3.18. The summed E-state index contributed by atoms with van der Waals surface area (Å²) in [5.41, 5.74) is 1.77. The van der Waals surface area contributed by atoms with E-state index in [9.17, 15) is 0 Å². The van der Waals surface area contributed by atoms with Gasteiger partial charge in [0.1, 0.15) is 5.82 Å². The molecule has 1 aliphatic heterocycles. The smallest absolute Gasteiger partial charge is 0.162 e. The third-order valence-electron chi connectivity index (χ3n) is 4.59. The van der Waals surface area contributed by atoms with Crippen LogP contribution < -0.4 is 14.4 Å². The average Bonchev–Trinajstić information content (AvgIpc) is 2.73. The first-order valence-corrected chi connectivity index (χ1v) is 10.3. The van der Waals surface area contributed by atoms with E-state index >= 15 is 0 Å². The molecule has 4 rings (SSSR count). The number of hydrogen-bond acceptors (Lipinski definition) is 6. The van der Waals surface area contributed by atoms with Crippen LogP contribution in [0.25, 0.3) is 22.3 Å². The number of halogens is 1. The summed E-state index contributed by atoms with van der Waals surface area (Å²) in [6.45, 7) is 1.93. The molecule has 140 valence electrons. The van der Waals surface area contributed by atoms with E-state index in [4.69, 9.17) is 31.0 Å². The van der Waals surface area contributed by atoms with Gasteiger partial charge in [0, 0.05) is 46.6 Å². The summed E-state index contributed by atoms with van der Waals surface area (Å²) >= 11 is 8.01. The molecule has 1 aromatic heterocycles. The Kier molecular flexibility index (Phi) is 5.27. The number of aromatic nitrogens is 2. The molecule has 0 radical (unpaired) electrons. The molecule has 3 aromatic rings. The first kappa shape index (κ1) is 18.2. The second-order valence-corrected chi connectivity index (χ2v) is 7.86. The van der Waals surface area contributed by atoms with E-state index in [2.05, 4.69) is 4.90 Å². The molecule has 27 heavy (non-hydrogen) atoms. The van der Waals surface area contributed by atoms with Crippen molar-refractivity contribution >= 4 is 40.1 Å². The molecule has 0 bridgehead atoms. The SMILES string of the molecule is COc1cc2nc(-c3ccc(Cl)cc3)nc(N3CCSCC3)c2cc1OC. The van der Waals surface area contributed by atoms with Crippen LogP contribution in [0.3, 0.4) is 0 Å². The van der Waals surface area contributed by atoms with Gasteiger partial charge in [-0.2, -0.15) is 11.8 Å². The topological polar surface area (TPSA) is 47.5 Å². The van der Waals surface area contributed by atoms with Crippen molar-refractivity contribution < 1.29 is 9.47 Å². The lowest BCUT2D eigenvalue weighted by atomic mass is 10.1. The summed E-state index contributed by atoms with van der Waals surface area (Å²) in [7, 11) is 3.28. The van der Waals surface area contributed by atoms with Crippen molar-refractivity contribution in [3.63, 3.8) is 0 Å². The van der Waals surface area contributed by atoms with Gasteiger partial charge < -0.3 is 14.4 Å². The van der Waals surface area contributed by atoms with Gasteiger partial charge in [0.25, 0.3) is 0 Å². The lowest BCUT2D eigenvalue weighted by Gasteiger charge is -2.29. The summed E-state index contributed by atoms with van der Waals surface area (Å²) in [4.78, 5) is 12.0. The Morgan fingerprint density at radius 1 is 0.963 bits per heavy atom. The Hall–Kier alpha value is -2.18. The predicted octanol–water partition coefficient (Wildman–Crippen LogP) is 4.52. The van der Waals surface area contributed by atoms with E-state index in [1.54, 1.807) is 14.2 Å². The first-order valence-electron chi connectivity index (χ1n) is 8.72. The van der Waals surface area contributed by atoms with Gasteiger partial charge in [0.2, 0.25) is 0 Å².